The Bertz CT molecular complexity index is 581. The van der Waals surface area contributed by atoms with Crippen LogP contribution in [0.5, 0.6) is 0 Å². The SMILES string of the molecule is CCOC(=O)c1c(NC(=O)C[NH2+]C(C)C)sc2c1CCC(C)C2. The van der Waals surface area contributed by atoms with Crippen molar-refractivity contribution >= 4 is 28.2 Å². The fourth-order valence-electron chi connectivity index (χ4n) is 2.78. The third kappa shape index (κ3) is 4.54. The van der Waals surface area contributed by atoms with Crippen molar-refractivity contribution in [2.24, 2.45) is 5.92 Å². The van der Waals surface area contributed by atoms with Gasteiger partial charge in [0.1, 0.15) is 5.00 Å². The van der Waals surface area contributed by atoms with Gasteiger partial charge in [0.2, 0.25) is 0 Å². The maximum absolute atomic E-state index is 12.4. The lowest BCUT2D eigenvalue weighted by Crippen LogP contribution is -2.90. The molecule has 1 heterocycles. The molecule has 2 rings (SSSR count). The molecule has 128 valence electrons. The first-order valence-electron chi connectivity index (χ1n) is 8.37. The van der Waals surface area contributed by atoms with E-state index in [1.807, 2.05) is 19.2 Å². The number of fused-ring (bicyclic) bond motifs is 1. The van der Waals surface area contributed by atoms with Crippen molar-refractivity contribution < 1.29 is 19.6 Å². The summed E-state index contributed by atoms with van der Waals surface area (Å²) in [6.45, 7) is 8.82. The van der Waals surface area contributed by atoms with E-state index < -0.39 is 0 Å². The highest BCUT2D eigenvalue weighted by molar-refractivity contribution is 7.17. The van der Waals surface area contributed by atoms with E-state index in [0.717, 1.165) is 24.8 Å². The number of carbonyl (C=O) groups is 2. The Morgan fingerprint density at radius 1 is 1.43 bits per heavy atom. The van der Waals surface area contributed by atoms with E-state index in [4.69, 9.17) is 4.74 Å². The largest absolute Gasteiger partial charge is 0.462 e. The number of amides is 1. The number of esters is 1. The van der Waals surface area contributed by atoms with Crippen LogP contribution in [0.15, 0.2) is 0 Å². The van der Waals surface area contributed by atoms with Gasteiger partial charge in [-0.15, -0.1) is 11.3 Å². The van der Waals surface area contributed by atoms with Crippen LogP contribution in [0.25, 0.3) is 0 Å². The van der Waals surface area contributed by atoms with Crippen LogP contribution in [0.2, 0.25) is 0 Å². The van der Waals surface area contributed by atoms with Gasteiger partial charge < -0.3 is 15.4 Å². The summed E-state index contributed by atoms with van der Waals surface area (Å²) in [6, 6.07) is 0.364. The molecule has 0 aromatic carbocycles. The minimum absolute atomic E-state index is 0.0732. The van der Waals surface area contributed by atoms with E-state index in [1.165, 1.54) is 16.2 Å². The van der Waals surface area contributed by atoms with Gasteiger partial charge in [0, 0.05) is 4.88 Å². The minimum Gasteiger partial charge on any atom is -0.462 e. The fourth-order valence-corrected chi connectivity index (χ4v) is 4.19. The number of hydrogen-bond acceptors (Lipinski definition) is 4. The summed E-state index contributed by atoms with van der Waals surface area (Å²) in [5.41, 5.74) is 1.66. The number of carbonyl (C=O) groups excluding carboxylic acids is 2. The van der Waals surface area contributed by atoms with Crippen molar-refractivity contribution in [2.75, 3.05) is 18.5 Å². The lowest BCUT2D eigenvalue weighted by Gasteiger charge is -2.18. The van der Waals surface area contributed by atoms with Gasteiger partial charge in [-0.05, 0) is 51.5 Å². The second kappa shape index (κ2) is 7.93. The van der Waals surface area contributed by atoms with Crippen LogP contribution in [0.1, 0.15) is 54.9 Å². The number of rotatable bonds is 6. The molecular weight excluding hydrogens is 312 g/mol. The molecule has 1 atom stereocenters. The van der Waals surface area contributed by atoms with Crippen LogP contribution in [0.3, 0.4) is 0 Å². The first-order chi connectivity index (χ1) is 10.9. The van der Waals surface area contributed by atoms with Gasteiger partial charge in [0.05, 0.1) is 18.2 Å². The molecule has 1 aliphatic rings. The standard InChI is InChI=1S/C17H26N2O3S/c1-5-22-17(21)15-12-7-6-11(4)8-13(12)23-16(15)19-14(20)9-18-10(2)3/h10-11,18H,5-9H2,1-4H3,(H,19,20)/p+1. The molecule has 0 radical (unpaired) electrons. The predicted octanol–water partition coefficient (Wildman–Crippen LogP) is 1.96. The fraction of sp³-hybridized carbons (Fsp3) is 0.647. The summed E-state index contributed by atoms with van der Waals surface area (Å²) in [5, 5.41) is 5.55. The Morgan fingerprint density at radius 3 is 2.83 bits per heavy atom. The number of thiophene rings is 1. The summed E-state index contributed by atoms with van der Waals surface area (Å²) in [6.07, 6.45) is 2.93. The quantitative estimate of drug-likeness (QED) is 0.778. The van der Waals surface area contributed by atoms with Crippen LogP contribution in [-0.2, 0) is 22.4 Å². The molecule has 3 N–H and O–H groups in total. The van der Waals surface area contributed by atoms with Gasteiger partial charge in [-0.1, -0.05) is 6.92 Å². The molecule has 1 aromatic heterocycles. The van der Waals surface area contributed by atoms with Gasteiger partial charge in [0.25, 0.3) is 5.91 Å². The number of nitrogens with two attached hydrogens (primary N) is 1. The van der Waals surface area contributed by atoms with Crippen LogP contribution in [0.4, 0.5) is 5.00 Å². The molecule has 1 aliphatic carbocycles. The number of hydrogen-bond donors (Lipinski definition) is 2. The third-order valence-electron chi connectivity index (χ3n) is 4.02. The van der Waals surface area contributed by atoms with E-state index in [-0.39, 0.29) is 11.9 Å². The average molecular weight is 339 g/mol. The van der Waals surface area contributed by atoms with Gasteiger partial charge >= 0.3 is 5.97 Å². The van der Waals surface area contributed by atoms with E-state index in [0.29, 0.717) is 35.7 Å². The monoisotopic (exact) mass is 339 g/mol. The Morgan fingerprint density at radius 2 is 2.17 bits per heavy atom. The lowest BCUT2D eigenvalue weighted by molar-refractivity contribution is -0.672. The first kappa shape index (κ1) is 17.9. The predicted molar refractivity (Wildman–Crippen MR) is 92.0 cm³/mol. The Labute approximate surface area is 141 Å². The number of ether oxygens (including phenoxy) is 1. The highest BCUT2D eigenvalue weighted by atomic mass is 32.1. The van der Waals surface area contributed by atoms with E-state index in [1.54, 1.807) is 6.92 Å². The van der Waals surface area contributed by atoms with Crippen LogP contribution in [-0.4, -0.2) is 31.1 Å². The average Bonchev–Trinajstić information content (AvgIpc) is 2.82. The summed E-state index contributed by atoms with van der Waals surface area (Å²) in [4.78, 5) is 25.7. The van der Waals surface area contributed by atoms with E-state index in [2.05, 4.69) is 12.2 Å². The Balaban J connectivity index is 2.23. The Kier molecular flexibility index (Phi) is 6.18. The molecule has 0 spiro atoms. The molecule has 6 heteroatoms. The van der Waals surface area contributed by atoms with Gasteiger partial charge in [-0.3, -0.25) is 4.79 Å². The number of quaternary nitrogens is 1. The molecule has 0 saturated carbocycles. The van der Waals surface area contributed by atoms with Gasteiger partial charge in [0.15, 0.2) is 6.54 Å². The highest BCUT2D eigenvalue weighted by Crippen LogP contribution is 2.40. The van der Waals surface area contributed by atoms with E-state index >= 15 is 0 Å². The number of nitrogens with one attached hydrogen (secondary N) is 1. The van der Waals surface area contributed by atoms with Crippen molar-refractivity contribution in [1.82, 2.24) is 0 Å². The van der Waals surface area contributed by atoms with Crippen LogP contribution in [0, 0.1) is 5.92 Å². The molecular formula is C17H27N2O3S+. The molecule has 5 nitrogen and oxygen atoms in total. The van der Waals surface area contributed by atoms with Crippen molar-refractivity contribution in [3.05, 3.63) is 16.0 Å². The smallest absolute Gasteiger partial charge is 0.341 e. The van der Waals surface area contributed by atoms with E-state index in [9.17, 15) is 9.59 Å². The molecule has 23 heavy (non-hydrogen) atoms. The lowest BCUT2D eigenvalue weighted by atomic mass is 9.88. The zero-order valence-corrected chi connectivity index (χ0v) is 15.2. The zero-order valence-electron chi connectivity index (χ0n) is 14.4. The second-order valence-corrected chi connectivity index (χ2v) is 7.61. The third-order valence-corrected chi connectivity index (χ3v) is 5.19. The maximum Gasteiger partial charge on any atom is 0.341 e. The molecule has 0 bridgehead atoms. The van der Waals surface area contributed by atoms with Crippen molar-refractivity contribution in [2.45, 2.75) is 53.0 Å². The summed E-state index contributed by atoms with van der Waals surface area (Å²) >= 11 is 1.54. The minimum atomic E-state index is -0.317. The number of anilines is 1. The topological polar surface area (TPSA) is 72.0 Å². The van der Waals surface area contributed by atoms with Crippen molar-refractivity contribution in [3.63, 3.8) is 0 Å². The second-order valence-electron chi connectivity index (χ2n) is 6.51. The molecule has 0 aliphatic heterocycles. The molecule has 1 aromatic rings. The van der Waals surface area contributed by atoms with Crippen molar-refractivity contribution in [3.8, 4) is 0 Å². The molecule has 0 fully saturated rings. The summed E-state index contributed by atoms with van der Waals surface area (Å²) in [7, 11) is 0. The van der Waals surface area contributed by atoms with Crippen LogP contribution < -0.4 is 10.6 Å². The maximum atomic E-state index is 12.4. The summed E-state index contributed by atoms with van der Waals surface area (Å²) < 4.78 is 5.21. The van der Waals surface area contributed by atoms with Gasteiger partial charge in [-0.2, -0.15) is 0 Å². The molecule has 0 saturated heterocycles. The molecule has 1 amide bonds. The normalized spacial score (nSPS) is 17.0. The van der Waals surface area contributed by atoms with Gasteiger partial charge in [-0.25, -0.2) is 4.79 Å². The summed E-state index contributed by atoms with van der Waals surface area (Å²) in [5.74, 6) is 0.229. The Hall–Kier alpha value is -1.40. The highest BCUT2D eigenvalue weighted by Gasteiger charge is 2.29. The molecule has 1 unspecified atom stereocenters. The first-order valence-corrected chi connectivity index (χ1v) is 9.18. The zero-order chi connectivity index (χ0) is 17.0. The van der Waals surface area contributed by atoms with Crippen LogP contribution >= 0.6 is 11.3 Å². The van der Waals surface area contributed by atoms with Crippen molar-refractivity contribution in [1.29, 1.82) is 0 Å².